The number of hydrogen-bond donors (Lipinski definition) is 0. The number of nitrogens with zero attached hydrogens (tertiary/aromatic N) is 1. The van der Waals surface area contributed by atoms with Gasteiger partial charge < -0.3 is 4.74 Å². The van der Waals surface area contributed by atoms with E-state index in [0.717, 1.165) is 33.5 Å². The molecule has 0 atom stereocenters. The molecular weight excluding hydrogens is 349 g/mol. The van der Waals surface area contributed by atoms with E-state index in [1.165, 1.54) is 6.07 Å². The zero-order valence-electron chi connectivity index (χ0n) is 14.0. The first kappa shape index (κ1) is 16.6. The van der Waals surface area contributed by atoms with Crippen LogP contribution < -0.4 is 4.74 Å². The van der Waals surface area contributed by atoms with Crippen LogP contribution >= 0.6 is 11.6 Å². The Kier molecular flexibility index (Phi) is 4.31. The molecule has 1 aromatic heterocycles. The Balaban J connectivity index is 2.02. The average Bonchev–Trinajstić information content (AvgIpc) is 2.68. The van der Waals surface area contributed by atoms with Gasteiger partial charge in [-0.25, -0.2) is 9.37 Å². The number of methoxy groups -OCH3 is 1. The molecule has 0 fully saturated rings. The highest BCUT2D eigenvalue weighted by Gasteiger charge is 2.13. The van der Waals surface area contributed by atoms with Gasteiger partial charge in [0, 0.05) is 21.5 Å². The van der Waals surface area contributed by atoms with Gasteiger partial charge in [0.15, 0.2) is 0 Å². The second-order valence-corrected chi connectivity index (χ2v) is 6.36. The molecule has 0 radical (unpaired) electrons. The van der Waals surface area contributed by atoms with Gasteiger partial charge in [-0.3, -0.25) is 0 Å². The van der Waals surface area contributed by atoms with Gasteiger partial charge in [-0.05, 0) is 48.0 Å². The number of ether oxygens (including phenoxy) is 1. The van der Waals surface area contributed by atoms with Gasteiger partial charge in [0.2, 0.25) is 0 Å². The van der Waals surface area contributed by atoms with E-state index in [2.05, 4.69) is 0 Å². The van der Waals surface area contributed by atoms with E-state index in [0.29, 0.717) is 10.6 Å². The third-order valence-electron chi connectivity index (χ3n) is 4.30. The van der Waals surface area contributed by atoms with Gasteiger partial charge >= 0.3 is 0 Å². The molecule has 0 amide bonds. The van der Waals surface area contributed by atoms with Crippen LogP contribution in [0.5, 0.6) is 5.75 Å². The molecule has 0 N–H and O–H groups in total. The number of rotatable bonds is 3. The van der Waals surface area contributed by atoms with E-state index in [1.807, 2.05) is 48.5 Å². The summed E-state index contributed by atoms with van der Waals surface area (Å²) in [5, 5.41) is 1.40. The molecular formula is C22H15ClFNO. The molecule has 4 rings (SSSR count). The molecule has 0 spiro atoms. The van der Waals surface area contributed by atoms with Crippen molar-refractivity contribution in [2.45, 2.75) is 0 Å². The van der Waals surface area contributed by atoms with Crippen LogP contribution in [0.3, 0.4) is 0 Å². The largest absolute Gasteiger partial charge is 0.497 e. The summed E-state index contributed by atoms with van der Waals surface area (Å²) in [4.78, 5) is 4.74. The Morgan fingerprint density at radius 3 is 2.54 bits per heavy atom. The lowest BCUT2D eigenvalue weighted by Crippen LogP contribution is -1.92. The maximum Gasteiger partial charge on any atom is 0.131 e. The number of halogens is 2. The third kappa shape index (κ3) is 3.02. The summed E-state index contributed by atoms with van der Waals surface area (Å²) in [5.41, 5.74) is 3.68. The van der Waals surface area contributed by atoms with Crippen molar-refractivity contribution in [3.05, 3.63) is 83.6 Å². The van der Waals surface area contributed by atoms with Crippen molar-refractivity contribution in [3.8, 4) is 28.1 Å². The van der Waals surface area contributed by atoms with E-state index in [1.54, 1.807) is 25.3 Å². The topological polar surface area (TPSA) is 22.1 Å². The number of aromatic nitrogens is 1. The molecule has 4 aromatic rings. The van der Waals surface area contributed by atoms with Crippen molar-refractivity contribution >= 4 is 22.5 Å². The normalized spacial score (nSPS) is 10.9. The fraction of sp³-hybridized carbons (Fsp3) is 0.0455. The van der Waals surface area contributed by atoms with E-state index in [4.69, 9.17) is 21.3 Å². The summed E-state index contributed by atoms with van der Waals surface area (Å²) < 4.78 is 19.8. The molecule has 1 heterocycles. The van der Waals surface area contributed by atoms with Crippen LogP contribution in [0.1, 0.15) is 0 Å². The fourth-order valence-electron chi connectivity index (χ4n) is 3.03. The van der Waals surface area contributed by atoms with Crippen molar-refractivity contribution in [2.75, 3.05) is 7.11 Å². The zero-order valence-corrected chi connectivity index (χ0v) is 14.8. The predicted molar refractivity (Wildman–Crippen MR) is 104 cm³/mol. The molecule has 26 heavy (non-hydrogen) atoms. The Morgan fingerprint density at radius 1 is 0.885 bits per heavy atom. The maximum absolute atomic E-state index is 14.5. The molecule has 2 nitrogen and oxygen atoms in total. The fourth-order valence-corrected chi connectivity index (χ4v) is 3.20. The van der Waals surface area contributed by atoms with Gasteiger partial charge in [-0.15, -0.1) is 0 Å². The average molecular weight is 364 g/mol. The lowest BCUT2D eigenvalue weighted by molar-refractivity contribution is 0.415. The van der Waals surface area contributed by atoms with Crippen LogP contribution in [-0.2, 0) is 0 Å². The minimum atomic E-state index is -0.281. The highest BCUT2D eigenvalue weighted by atomic mass is 35.5. The molecule has 0 aliphatic carbocycles. The number of benzene rings is 3. The SMILES string of the molecule is COc1cccc(-c2cc(-c3ccccc3F)c3cc(Cl)ccc3n2)c1. The summed E-state index contributed by atoms with van der Waals surface area (Å²) >= 11 is 6.18. The van der Waals surface area contributed by atoms with Gasteiger partial charge in [-0.2, -0.15) is 0 Å². The number of pyridine rings is 1. The van der Waals surface area contributed by atoms with Crippen LogP contribution in [-0.4, -0.2) is 12.1 Å². The third-order valence-corrected chi connectivity index (χ3v) is 4.54. The van der Waals surface area contributed by atoms with E-state index >= 15 is 0 Å². The van der Waals surface area contributed by atoms with Crippen molar-refractivity contribution < 1.29 is 9.13 Å². The summed E-state index contributed by atoms with van der Waals surface area (Å²) in [6, 6.07) is 21.7. The molecule has 0 saturated carbocycles. The van der Waals surface area contributed by atoms with Gasteiger partial charge in [0.25, 0.3) is 0 Å². The van der Waals surface area contributed by atoms with Gasteiger partial charge in [0.05, 0.1) is 18.3 Å². The molecule has 4 heteroatoms. The minimum absolute atomic E-state index is 0.281. The first-order chi connectivity index (χ1) is 12.7. The molecule has 0 aliphatic rings. The molecule has 0 unspecified atom stereocenters. The smallest absolute Gasteiger partial charge is 0.131 e. The van der Waals surface area contributed by atoms with Crippen LogP contribution in [0.25, 0.3) is 33.3 Å². The monoisotopic (exact) mass is 363 g/mol. The second-order valence-electron chi connectivity index (χ2n) is 5.93. The standard InChI is InChI=1S/C22H15ClFNO/c1-26-16-6-4-5-14(11-16)22-13-18(17-7-2-3-8-20(17)24)19-12-15(23)9-10-21(19)25-22/h2-13H,1H3. The summed E-state index contributed by atoms with van der Waals surface area (Å²) in [6.07, 6.45) is 0. The Bertz CT molecular complexity index is 1110. The van der Waals surface area contributed by atoms with Crippen molar-refractivity contribution in [1.82, 2.24) is 4.98 Å². The second kappa shape index (κ2) is 6.77. The zero-order chi connectivity index (χ0) is 18.1. The van der Waals surface area contributed by atoms with Crippen LogP contribution in [0.4, 0.5) is 4.39 Å². The van der Waals surface area contributed by atoms with Gasteiger partial charge in [-0.1, -0.05) is 41.9 Å². The highest BCUT2D eigenvalue weighted by molar-refractivity contribution is 6.31. The summed E-state index contributed by atoms with van der Waals surface area (Å²) in [7, 11) is 1.62. The van der Waals surface area contributed by atoms with E-state index < -0.39 is 0 Å². The highest BCUT2D eigenvalue weighted by Crippen LogP contribution is 2.35. The van der Waals surface area contributed by atoms with E-state index in [-0.39, 0.29) is 5.82 Å². The molecule has 0 aliphatic heterocycles. The van der Waals surface area contributed by atoms with Crippen molar-refractivity contribution in [3.63, 3.8) is 0 Å². The van der Waals surface area contributed by atoms with E-state index in [9.17, 15) is 4.39 Å². The van der Waals surface area contributed by atoms with Gasteiger partial charge in [0.1, 0.15) is 11.6 Å². The van der Waals surface area contributed by atoms with Crippen molar-refractivity contribution in [2.24, 2.45) is 0 Å². The lowest BCUT2D eigenvalue weighted by Gasteiger charge is -2.12. The van der Waals surface area contributed by atoms with Crippen molar-refractivity contribution in [1.29, 1.82) is 0 Å². The first-order valence-corrected chi connectivity index (χ1v) is 8.53. The number of hydrogen-bond acceptors (Lipinski definition) is 2. The summed E-state index contributed by atoms with van der Waals surface area (Å²) in [6.45, 7) is 0. The quantitative estimate of drug-likeness (QED) is 0.422. The molecule has 0 bridgehead atoms. The molecule has 3 aromatic carbocycles. The predicted octanol–water partition coefficient (Wildman–Crippen LogP) is 6.37. The molecule has 128 valence electrons. The van der Waals surface area contributed by atoms with Crippen LogP contribution in [0.2, 0.25) is 5.02 Å². The number of fused-ring (bicyclic) bond motifs is 1. The van der Waals surface area contributed by atoms with Crippen LogP contribution in [0.15, 0.2) is 72.8 Å². The molecule has 0 saturated heterocycles. The Labute approximate surface area is 155 Å². The lowest BCUT2D eigenvalue weighted by atomic mass is 9.98. The van der Waals surface area contributed by atoms with Crippen LogP contribution in [0, 0.1) is 5.82 Å². The Morgan fingerprint density at radius 2 is 1.73 bits per heavy atom. The Hall–Kier alpha value is -2.91. The first-order valence-electron chi connectivity index (χ1n) is 8.15. The minimum Gasteiger partial charge on any atom is -0.497 e. The maximum atomic E-state index is 14.5. The summed E-state index contributed by atoms with van der Waals surface area (Å²) in [5.74, 6) is 0.463.